The van der Waals surface area contributed by atoms with Crippen LogP contribution in [0.3, 0.4) is 0 Å². The van der Waals surface area contributed by atoms with E-state index in [1.54, 1.807) is 0 Å². The zero-order chi connectivity index (χ0) is 13.3. The summed E-state index contributed by atoms with van der Waals surface area (Å²) >= 11 is 0. The number of nitrogens with zero attached hydrogens (tertiary/aromatic N) is 2. The highest BCUT2D eigenvalue weighted by atomic mass is 16.2. The number of imide groups is 1. The van der Waals surface area contributed by atoms with Gasteiger partial charge in [0.25, 0.3) is 0 Å². The van der Waals surface area contributed by atoms with E-state index >= 15 is 0 Å². The van der Waals surface area contributed by atoms with E-state index in [-0.39, 0.29) is 17.7 Å². The standard InChI is InChI=1S/C14H20N2O2/c1-10(2)11(9-15)16-12(17)8-14(13(16)18)6-4-3-5-7-14/h10-11H,3-8H2,1-2H3. The smallest absolute Gasteiger partial charge is 0.237 e. The molecule has 18 heavy (non-hydrogen) atoms. The summed E-state index contributed by atoms with van der Waals surface area (Å²) in [4.78, 5) is 25.9. The third-order valence-electron chi connectivity index (χ3n) is 4.28. The first kappa shape index (κ1) is 13.1. The van der Waals surface area contributed by atoms with Crippen LogP contribution in [0.4, 0.5) is 0 Å². The number of amides is 2. The molecule has 4 heteroatoms. The molecule has 1 aliphatic carbocycles. The van der Waals surface area contributed by atoms with Gasteiger partial charge in [-0.25, -0.2) is 0 Å². The Hall–Kier alpha value is -1.37. The van der Waals surface area contributed by atoms with Crippen molar-refractivity contribution < 1.29 is 9.59 Å². The van der Waals surface area contributed by atoms with Crippen molar-refractivity contribution in [2.75, 3.05) is 0 Å². The van der Waals surface area contributed by atoms with Crippen LogP contribution in [0.15, 0.2) is 0 Å². The second-order valence-corrected chi connectivity index (χ2v) is 5.90. The third-order valence-corrected chi connectivity index (χ3v) is 4.28. The lowest BCUT2D eigenvalue weighted by Crippen LogP contribution is -2.44. The molecule has 0 aromatic carbocycles. The molecule has 2 rings (SSSR count). The van der Waals surface area contributed by atoms with Gasteiger partial charge in [0.15, 0.2) is 0 Å². The van der Waals surface area contributed by atoms with Gasteiger partial charge in [0.1, 0.15) is 6.04 Å². The molecule has 0 N–H and O–H groups in total. The fourth-order valence-corrected chi connectivity index (χ4v) is 3.22. The summed E-state index contributed by atoms with van der Waals surface area (Å²) < 4.78 is 0. The number of carbonyl (C=O) groups is 2. The molecule has 0 aromatic rings. The molecule has 2 fully saturated rings. The summed E-state index contributed by atoms with van der Waals surface area (Å²) in [7, 11) is 0. The van der Waals surface area contributed by atoms with Gasteiger partial charge in [-0.15, -0.1) is 0 Å². The maximum absolute atomic E-state index is 12.6. The summed E-state index contributed by atoms with van der Waals surface area (Å²) in [5.41, 5.74) is -0.473. The van der Waals surface area contributed by atoms with Crippen molar-refractivity contribution in [3.8, 4) is 6.07 Å². The second-order valence-electron chi connectivity index (χ2n) is 5.90. The van der Waals surface area contributed by atoms with Gasteiger partial charge >= 0.3 is 0 Å². The van der Waals surface area contributed by atoms with Gasteiger partial charge in [0.05, 0.1) is 11.5 Å². The average Bonchev–Trinajstić information content (AvgIpc) is 2.55. The van der Waals surface area contributed by atoms with E-state index < -0.39 is 11.5 Å². The lowest BCUT2D eigenvalue weighted by molar-refractivity contribution is -0.144. The molecule has 1 unspecified atom stereocenters. The molecule has 98 valence electrons. The Morgan fingerprint density at radius 1 is 1.22 bits per heavy atom. The number of likely N-dealkylation sites (tertiary alicyclic amines) is 1. The quantitative estimate of drug-likeness (QED) is 0.704. The summed E-state index contributed by atoms with van der Waals surface area (Å²) in [6, 6.07) is 1.51. The molecule has 1 heterocycles. The molecule has 1 saturated heterocycles. The van der Waals surface area contributed by atoms with Crippen LogP contribution in [0.2, 0.25) is 0 Å². The molecule has 0 radical (unpaired) electrons. The van der Waals surface area contributed by atoms with Gasteiger partial charge in [0.2, 0.25) is 11.8 Å². The molecule has 1 saturated carbocycles. The van der Waals surface area contributed by atoms with Crippen molar-refractivity contribution in [3.05, 3.63) is 0 Å². The van der Waals surface area contributed by atoms with Crippen molar-refractivity contribution in [2.45, 2.75) is 58.4 Å². The van der Waals surface area contributed by atoms with Crippen LogP contribution in [-0.4, -0.2) is 22.8 Å². The summed E-state index contributed by atoms with van der Waals surface area (Å²) in [6.45, 7) is 3.75. The lowest BCUT2D eigenvalue weighted by Gasteiger charge is -2.32. The van der Waals surface area contributed by atoms with Crippen LogP contribution >= 0.6 is 0 Å². The molecule has 1 atom stereocenters. The van der Waals surface area contributed by atoms with Gasteiger partial charge < -0.3 is 0 Å². The van der Waals surface area contributed by atoms with E-state index in [2.05, 4.69) is 6.07 Å². The average molecular weight is 248 g/mol. The highest BCUT2D eigenvalue weighted by molar-refractivity contribution is 6.06. The fourth-order valence-electron chi connectivity index (χ4n) is 3.22. The first-order valence-corrected chi connectivity index (χ1v) is 6.78. The van der Waals surface area contributed by atoms with Crippen molar-refractivity contribution in [1.82, 2.24) is 4.90 Å². The second kappa shape index (κ2) is 4.72. The summed E-state index contributed by atoms with van der Waals surface area (Å²) in [5.74, 6) is -0.253. The molecule has 1 aliphatic heterocycles. The largest absolute Gasteiger partial charge is 0.274 e. The molecule has 2 aliphatic rings. The first-order chi connectivity index (χ1) is 8.52. The van der Waals surface area contributed by atoms with E-state index in [1.165, 1.54) is 4.90 Å². The van der Waals surface area contributed by atoms with Gasteiger partial charge in [0, 0.05) is 6.42 Å². The van der Waals surface area contributed by atoms with E-state index in [4.69, 9.17) is 0 Å². The van der Waals surface area contributed by atoms with Crippen molar-refractivity contribution in [2.24, 2.45) is 11.3 Å². The van der Waals surface area contributed by atoms with Gasteiger partial charge in [-0.2, -0.15) is 5.26 Å². The highest BCUT2D eigenvalue weighted by Crippen LogP contribution is 2.46. The minimum Gasteiger partial charge on any atom is -0.274 e. The molecule has 0 bridgehead atoms. The number of rotatable bonds is 2. The molecule has 1 spiro atoms. The van der Waals surface area contributed by atoms with Crippen molar-refractivity contribution >= 4 is 11.8 Å². The maximum atomic E-state index is 12.6. The van der Waals surface area contributed by atoms with Crippen LogP contribution in [0.25, 0.3) is 0 Å². The monoisotopic (exact) mass is 248 g/mol. The van der Waals surface area contributed by atoms with E-state index in [0.717, 1.165) is 32.1 Å². The van der Waals surface area contributed by atoms with E-state index in [9.17, 15) is 14.9 Å². The molecule has 2 amide bonds. The maximum Gasteiger partial charge on any atom is 0.237 e. The predicted molar refractivity (Wildman–Crippen MR) is 66.2 cm³/mol. The Kier molecular flexibility index (Phi) is 3.43. The number of hydrogen-bond donors (Lipinski definition) is 0. The van der Waals surface area contributed by atoms with Gasteiger partial charge in [-0.05, 0) is 18.8 Å². The number of carbonyl (C=O) groups excluding carboxylic acids is 2. The van der Waals surface area contributed by atoms with Gasteiger partial charge in [-0.1, -0.05) is 33.1 Å². The van der Waals surface area contributed by atoms with Crippen LogP contribution in [0, 0.1) is 22.7 Å². The van der Waals surface area contributed by atoms with Gasteiger partial charge in [-0.3, -0.25) is 14.5 Å². The lowest BCUT2D eigenvalue weighted by atomic mass is 9.73. The minimum atomic E-state index is -0.605. The minimum absolute atomic E-state index is 0.0124. The molecular weight excluding hydrogens is 228 g/mol. The number of hydrogen-bond acceptors (Lipinski definition) is 3. The SMILES string of the molecule is CC(C)C(C#N)N1C(=O)CC2(CCCCC2)C1=O. The Morgan fingerprint density at radius 2 is 1.83 bits per heavy atom. The summed E-state index contributed by atoms with van der Waals surface area (Å²) in [5, 5.41) is 9.18. The number of nitriles is 1. The Labute approximate surface area is 108 Å². The van der Waals surface area contributed by atoms with Crippen LogP contribution in [0.1, 0.15) is 52.4 Å². The zero-order valence-corrected chi connectivity index (χ0v) is 11.1. The molecule has 0 aromatic heterocycles. The normalized spacial score (nSPS) is 24.7. The Balaban J connectivity index is 2.27. The molecular formula is C14H20N2O2. The van der Waals surface area contributed by atoms with Crippen LogP contribution in [-0.2, 0) is 9.59 Å². The fraction of sp³-hybridized carbons (Fsp3) is 0.786. The zero-order valence-electron chi connectivity index (χ0n) is 11.1. The van der Waals surface area contributed by atoms with Crippen molar-refractivity contribution in [3.63, 3.8) is 0 Å². The Bertz CT molecular complexity index is 403. The first-order valence-electron chi connectivity index (χ1n) is 6.78. The predicted octanol–water partition coefficient (Wildman–Crippen LogP) is 2.24. The van der Waals surface area contributed by atoms with E-state index in [0.29, 0.717) is 6.42 Å². The molecule has 4 nitrogen and oxygen atoms in total. The van der Waals surface area contributed by atoms with E-state index in [1.807, 2.05) is 13.8 Å². The highest BCUT2D eigenvalue weighted by Gasteiger charge is 2.53. The summed E-state index contributed by atoms with van der Waals surface area (Å²) in [6.07, 6.45) is 5.12. The Morgan fingerprint density at radius 3 is 2.33 bits per heavy atom. The third kappa shape index (κ3) is 1.92. The van der Waals surface area contributed by atoms with Crippen molar-refractivity contribution in [1.29, 1.82) is 5.26 Å². The van der Waals surface area contributed by atoms with Crippen LogP contribution < -0.4 is 0 Å². The van der Waals surface area contributed by atoms with Crippen LogP contribution in [0.5, 0.6) is 0 Å². The topological polar surface area (TPSA) is 61.2 Å².